The van der Waals surface area contributed by atoms with Crippen LogP contribution in [0.4, 0.5) is 0 Å². The second-order valence-electron chi connectivity index (χ2n) is 6.07. The lowest BCUT2D eigenvalue weighted by atomic mass is 10.0. The summed E-state index contributed by atoms with van der Waals surface area (Å²) in [7, 11) is 0. The Morgan fingerprint density at radius 2 is 1.85 bits per heavy atom. The summed E-state index contributed by atoms with van der Waals surface area (Å²) in [6.45, 7) is 3.77. The summed E-state index contributed by atoms with van der Waals surface area (Å²) in [5, 5.41) is 2.99. The van der Waals surface area contributed by atoms with E-state index in [9.17, 15) is 9.59 Å². The second-order valence-corrected chi connectivity index (χ2v) is 7.39. The number of amides is 2. The van der Waals surface area contributed by atoms with E-state index < -0.39 is 17.9 Å². The van der Waals surface area contributed by atoms with E-state index in [0.29, 0.717) is 22.8 Å². The van der Waals surface area contributed by atoms with Crippen molar-refractivity contribution in [1.29, 1.82) is 0 Å². The molecule has 0 spiro atoms. The third-order valence-electron chi connectivity index (χ3n) is 3.56. The highest BCUT2D eigenvalue weighted by Gasteiger charge is 2.20. The lowest BCUT2D eigenvalue weighted by Crippen LogP contribution is -2.45. The van der Waals surface area contributed by atoms with Gasteiger partial charge in [0.05, 0.1) is 11.1 Å². The number of rotatable bonds is 7. The maximum absolute atomic E-state index is 12.5. The number of nitrogens with two attached hydrogens (primary N) is 1. The molecule has 1 atom stereocenters. The summed E-state index contributed by atoms with van der Waals surface area (Å²) >= 11 is 9.51. The van der Waals surface area contributed by atoms with E-state index in [1.54, 1.807) is 12.1 Å². The Balaban J connectivity index is 2.10. The Hall–Kier alpha value is -2.05. The van der Waals surface area contributed by atoms with Gasteiger partial charge in [0.25, 0.3) is 5.91 Å². The van der Waals surface area contributed by atoms with Crippen molar-refractivity contribution in [3.8, 4) is 5.75 Å². The largest absolute Gasteiger partial charge is 0.489 e. The van der Waals surface area contributed by atoms with Gasteiger partial charge in [0.1, 0.15) is 11.8 Å². The van der Waals surface area contributed by atoms with Gasteiger partial charge in [0, 0.05) is 16.5 Å². The molecule has 0 aliphatic rings. The zero-order valence-corrected chi connectivity index (χ0v) is 16.8. The van der Waals surface area contributed by atoms with E-state index in [1.165, 1.54) is 6.07 Å². The fourth-order valence-corrected chi connectivity index (χ4v) is 2.80. The molecule has 0 fully saturated rings. The van der Waals surface area contributed by atoms with Crippen LogP contribution in [0, 0.1) is 0 Å². The molecule has 3 N–H and O–H groups in total. The predicted octanol–water partition coefficient (Wildman–Crippen LogP) is 3.72. The van der Waals surface area contributed by atoms with Gasteiger partial charge in [0.15, 0.2) is 0 Å². The van der Waals surface area contributed by atoms with E-state index in [0.717, 1.165) is 10.0 Å². The third kappa shape index (κ3) is 5.75. The Kier molecular flexibility index (Phi) is 7.06. The molecule has 0 aliphatic carbocycles. The normalized spacial score (nSPS) is 11.9. The van der Waals surface area contributed by atoms with E-state index in [4.69, 9.17) is 22.1 Å². The molecular weight excluding hydrogens is 420 g/mol. The van der Waals surface area contributed by atoms with Crippen molar-refractivity contribution in [2.24, 2.45) is 5.73 Å². The summed E-state index contributed by atoms with van der Waals surface area (Å²) in [5.74, 6) is -0.532. The summed E-state index contributed by atoms with van der Waals surface area (Å²) in [6, 6.07) is 11.4. The van der Waals surface area contributed by atoms with Crippen LogP contribution in [0.15, 0.2) is 46.9 Å². The molecule has 0 saturated carbocycles. The molecule has 2 amide bonds. The molecule has 2 aromatic carbocycles. The van der Waals surface area contributed by atoms with E-state index in [1.807, 2.05) is 38.1 Å². The van der Waals surface area contributed by atoms with Crippen LogP contribution < -0.4 is 15.8 Å². The number of carbonyl (C=O) groups is 2. The highest BCUT2D eigenvalue weighted by Crippen LogP contribution is 2.26. The van der Waals surface area contributed by atoms with Crippen LogP contribution in [-0.4, -0.2) is 24.0 Å². The van der Waals surface area contributed by atoms with Crippen molar-refractivity contribution in [1.82, 2.24) is 5.32 Å². The predicted molar refractivity (Wildman–Crippen MR) is 106 cm³/mol. The van der Waals surface area contributed by atoms with Crippen molar-refractivity contribution in [2.45, 2.75) is 32.4 Å². The molecule has 2 rings (SSSR count). The first kappa shape index (κ1) is 20.3. The minimum atomic E-state index is -0.825. The van der Waals surface area contributed by atoms with Crippen LogP contribution in [0.25, 0.3) is 0 Å². The van der Waals surface area contributed by atoms with Gasteiger partial charge in [0.2, 0.25) is 5.91 Å². The van der Waals surface area contributed by atoms with Gasteiger partial charge >= 0.3 is 0 Å². The minimum absolute atomic E-state index is 0.0303. The smallest absolute Gasteiger partial charge is 0.251 e. The van der Waals surface area contributed by atoms with Crippen LogP contribution in [0.3, 0.4) is 0 Å². The van der Waals surface area contributed by atoms with Gasteiger partial charge in [-0.3, -0.25) is 9.59 Å². The number of carbonyl (C=O) groups excluding carboxylic acids is 2. The molecule has 0 radical (unpaired) electrons. The molecule has 7 heteroatoms. The number of primary amides is 1. The Labute approximate surface area is 166 Å². The topological polar surface area (TPSA) is 81.4 Å². The molecule has 0 bridgehead atoms. The van der Waals surface area contributed by atoms with Crippen LogP contribution in [0.5, 0.6) is 5.75 Å². The number of halogens is 2. The van der Waals surface area contributed by atoms with Crippen LogP contribution in [0.1, 0.15) is 29.8 Å². The third-order valence-corrected chi connectivity index (χ3v) is 4.38. The van der Waals surface area contributed by atoms with E-state index in [2.05, 4.69) is 21.2 Å². The lowest BCUT2D eigenvalue weighted by Gasteiger charge is -2.17. The molecule has 0 heterocycles. The van der Waals surface area contributed by atoms with Crippen molar-refractivity contribution >= 4 is 39.3 Å². The first-order chi connectivity index (χ1) is 12.3. The number of ether oxygens (including phenoxy) is 1. The molecular formula is C19H20BrClN2O3. The van der Waals surface area contributed by atoms with Crippen molar-refractivity contribution in [2.75, 3.05) is 0 Å². The van der Waals surface area contributed by atoms with E-state index >= 15 is 0 Å². The van der Waals surface area contributed by atoms with Gasteiger partial charge in [-0.15, -0.1) is 0 Å². The average Bonchev–Trinajstić information content (AvgIpc) is 2.57. The highest BCUT2D eigenvalue weighted by atomic mass is 79.9. The standard InChI is InChI=1S/C19H20BrClN2O3/c1-11(2)26-17-8-5-13(10-15(17)21)19(25)23-16(18(22)24)9-12-3-6-14(20)7-4-12/h3-8,10-11,16H,9H2,1-2H3,(H2,22,24)(H,23,25)/t16-/m0/s1. The van der Waals surface area contributed by atoms with Gasteiger partial charge in [-0.05, 0) is 49.7 Å². The zero-order chi connectivity index (χ0) is 19.3. The zero-order valence-electron chi connectivity index (χ0n) is 14.5. The molecule has 0 aliphatic heterocycles. The number of hydrogen-bond donors (Lipinski definition) is 2. The Morgan fingerprint density at radius 3 is 2.38 bits per heavy atom. The number of nitrogens with one attached hydrogen (secondary N) is 1. The van der Waals surface area contributed by atoms with Crippen molar-refractivity contribution in [3.63, 3.8) is 0 Å². The van der Waals surface area contributed by atoms with Crippen LogP contribution in [0.2, 0.25) is 5.02 Å². The van der Waals surface area contributed by atoms with E-state index in [-0.39, 0.29) is 6.10 Å². The van der Waals surface area contributed by atoms with Gasteiger partial charge in [-0.2, -0.15) is 0 Å². The number of hydrogen-bond acceptors (Lipinski definition) is 3. The average molecular weight is 440 g/mol. The van der Waals surface area contributed by atoms with Gasteiger partial charge < -0.3 is 15.8 Å². The summed E-state index contributed by atoms with van der Waals surface area (Å²) < 4.78 is 6.48. The molecule has 2 aromatic rings. The molecule has 26 heavy (non-hydrogen) atoms. The monoisotopic (exact) mass is 438 g/mol. The SMILES string of the molecule is CC(C)Oc1ccc(C(=O)N[C@@H](Cc2ccc(Br)cc2)C(N)=O)cc1Cl. The van der Waals surface area contributed by atoms with Crippen LogP contribution in [-0.2, 0) is 11.2 Å². The quantitative estimate of drug-likeness (QED) is 0.690. The Morgan fingerprint density at radius 1 is 1.19 bits per heavy atom. The van der Waals surface area contributed by atoms with Gasteiger partial charge in [-0.1, -0.05) is 39.7 Å². The molecule has 138 valence electrons. The fraction of sp³-hybridized carbons (Fsp3) is 0.263. The minimum Gasteiger partial charge on any atom is -0.489 e. The molecule has 0 saturated heterocycles. The number of benzene rings is 2. The molecule has 0 aromatic heterocycles. The van der Waals surface area contributed by atoms with Crippen molar-refractivity contribution in [3.05, 3.63) is 63.1 Å². The lowest BCUT2D eigenvalue weighted by molar-refractivity contribution is -0.119. The summed E-state index contributed by atoms with van der Waals surface area (Å²) in [5.41, 5.74) is 6.65. The maximum atomic E-state index is 12.5. The second kappa shape index (κ2) is 9.05. The maximum Gasteiger partial charge on any atom is 0.251 e. The fourth-order valence-electron chi connectivity index (χ4n) is 2.31. The molecule has 5 nitrogen and oxygen atoms in total. The summed E-state index contributed by atoms with van der Waals surface area (Å²) in [4.78, 5) is 24.2. The Bertz CT molecular complexity index is 794. The first-order valence-corrected chi connectivity index (χ1v) is 9.24. The first-order valence-electron chi connectivity index (χ1n) is 8.07. The van der Waals surface area contributed by atoms with Crippen molar-refractivity contribution < 1.29 is 14.3 Å². The van der Waals surface area contributed by atoms with Crippen LogP contribution >= 0.6 is 27.5 Å². The highest BCUT2D eigenvalue weighted by molar-refractivity contribution is 9.10. The summed E-state index contributed by atoms with van der Waals surface area (Å²) in [6.07, 6.45) is 0.272. The molecule has 0 unspecified atom stereocenters. The van der Waals surface area contributed by atoms with Gasteiger partial charge in [-0.25, -0.2) is 0 Å².